The second-order valence-corrected chi connectivity index (χ2v) is 15.7. The molecule has 8 aromatic rings. The van der Waals surface area contributed by atoms with Crippen molar-refractivity contribution < 1.29 is 25.1 Å². The molecule has 1 aliphatic heterocycles. The van der Waals surface area contributed by atoms with E-state index in [0.717, 1.165) is 55.5 Å². The number of carboxylic acids is 1. The molecule has 0 saturated heterocycles. The van der Waals surface area contributed by atoms with E-state index in [1.807, 2.05) is 85.8 Å². The minimum atomic E-state index is -1.18. The Kier molecular flexibility index (Phi) is 10.2. The highest BCUT2D eigenvalue weighted by Gasteiger charge is 2.28. The molecule has 60 heavy (non-hydrogen) atoms. The van der Waals surface area contributed by atoms with E-state index < -0.39 is 11.9 Å². The number of para-hydroxylation sites is 1. The maximum Gasteiger partial charge on any atom is 0.336 e. The van der Waals surface area contributed by atoms with Crippen molar-refractivity contribution in [2.24, 2.45) is 0 Å². The SMILES string of the molecule is CCn1c2ccccc2c2cc(NC(=O)c3ccccc3-c3c(C(=O)O)cccc3-c3cc(N(O)O)cc(N4CC=Cc5ccccc5S4)c3-c3ccc(C)cc3)ccc21. The number of nitrogens with zero attached hydrogens (tertiary/aromatic N) is 3. The lowest BCUT2D eigenvalue weighted by Crippen LogP contribution is -2.17. The number of rotatable bonds is 9. The Hall–Kier alpha value is -7.11. The normalized spacial score (nSPS) is 12.4. The fourth-order valence-electron chi connectivity index (χ4n) is 8.26. The van der Waals surface area contributed by atoms with Crippen molar-refractivity contribution in [2.45, 2.75) is 25.3 Å². The van der Waals surface area contributed by atoms with Crippen molar-refractivity contribution >= 4 is 68.8 Å². The van der Waals surface area contributed by atoms with Crippen molar-refractivity contribution in [1.29, 1.82) is 0 Å². The summed E-state index contributed by atoms with van der Waals surface area (Å²) in [5, 5.41) is 37.4. The van der Waals surface area contributed by atoms with Crippen molar-refractivity contribution in [3.05, 3.63) is 174 Å². The van der Waals surface area contributed by atoms with Crippen LogP contribution in [-0.2, 0) is 6.54 Å². The zero-order chi connectivity index (χ0) is 41.5. The second-order valence-electron chi connectivity index (χ2n) is 14.7. The summed E-state index contributed by atoms with van der Waals surface area (Å²) in [7, 11) is 0. The minimum Gasteiger partial charge on any atom is -0.478 e. The fraction of sp³-hybridized carbons (Fsp3) is 0.0800. The molecule has 1 aromatic heterocycles. The van der Waals surface area contributed by atoms with E-state index in [0.29, 0.717) is 40.2 Å². The number of hydrogen-bond acceptors (Lipinski definition) is 7. The van der Waals surface area contributed by atoms with Crippen molar-refractivity contribution in [2.75, 3.05) is 21.4 Å². The van der Waals surface area contributed by atoms with Crippen LogP contribution in [0.15, 0.2) is 157 Å². The molecule has 10 heteroatoms. The second kappa shape index (κ2) is 15.9. The third-order valence-electron chi connectivity index (χ3n) is 11.0. The number of hydrogen-bond donors (Lipinski definition) is 4. The third kappa shape index (κ3) is 6.96. The lowest BCUT2D eigenvalue weighted by molar-refractivity contribution is 0.0292. The van der Waals surface area contributed by atoms with E-state index in [-0.39, 0.29) is 22.0 Å². The van der Waals surface area contributed by atoms with Gasteiger partial charge < -0.3 is 19.3 Å². The molecule has 0 bridgehead atoms. The molecule has 0 saturated carbocycles. The Labute approximate surface area is 351 Å². The van der Waals surface area contributed by atoms with E-state index in [4.69, 9.17) is 0 Å². The summed E-state index contributed by atoms with van der Waals surface area (Å²) < 4.78 is 4.33. The Morgan fingerprint density at radius 2 is 1.43 bits per heavy atom. The summed E-state index contributed by atoms with van der Waals surface area (Å²) >= 11 is 1.53. The average Bonchev–Trinajstić information content (AvgIpc) is 3.41. The molecule has 4 N–H and O–H groups in total. The van der Waals surface area contributed by atoms with Gasteiger partial charge in [0.05, 0.1) is 16.9 Å². The molecule has 1 aliphatic rings. The Morgan fingerprint density at radius 1 is 0.717 bits per heavy atom. The first kappa shape index (κ1) is 38.4. The number of aromatic carboxylic acids is 1. The number of carbonyl (C=O) groups is 2. The fourth-order valence-corrected chi connectivity index (χ4v) is 9.28. The predicted molar refractivity (Wildman–Crippen MR) is 242 cm³/mol. The standard InChI is InChI=1S/C50H40N4O5S/c1-3-52-43-19-8-7-14-36(43)41-28-34(25-26-44(41)52)51-49(55)39-16-6-5-15-37(39)48-38(17-10-18-40(48)50(56)57)42-29-35(54(58)59)30-45(47(42)33-23-21-31(2)22-24-33)53-27-11-13-32-12-4-9-20-46(32)60-53/h4-26,28-30,58-59H,3,27H2,1-2H3,(H,51,55)(H,56,57). The molecule has 1 amide bonds. The van der Waals surface area contributed by atoms with Gasteiger partial charge in [0.15, 0.2) is 0 Å². The molecule has 0 spiro atoms. The summed E-state index contributed by atoms with van der Waals surface area (Å²) in [6.45, 7) is 5.39. The van der Waals surface area contributed by atoms with Crippen LogP contribution < -0.4 is 14.8 Å². The van der Waals surface area contributed by atoms with Crippen LogP contribution in [0.4, 0.5) is 17.1 Å². The molecule has 0 unspecified atom stereocenters. The first-order valence-electron chi connectivity index (χ1n) is 19.6. The number of aryl methyl sites for hydroxylation is 2. The quantitative estimate of drug-likeness (QED) is 0.0841. The van der Waals surface area contributed by atoms with Crippen molar-refractivity contribution in [3.8, 4) is 33.4 Å². The molecule has 9 nitrogen and oxygen atoms in total. The van der Waals surface area contributed by atoms with Gasteiger partial charge >= 0.3 is 5.97 Å². The maximum absolute atomic E-state index is 14.5. The van der Waals surface area contributed by atoms with Crippen LogP contribution >= 0.6 is 11.9 Å². The molecule has 2 heterocycles. The van der Waals surface area contributed by atoms with Gasteiger partial charge in [0, 0.05) is 62.2 Å². The highest BCUT2D eigenvalue weighted by molar-refractivity contribution is 8.00. The van der Waals surface area contributed by atoms with Gasteiger partial charge in [-0.2, -0.15) is 0 Å². The van der Waals surface area contributed by atoms with Gasteiger partial charge in [-0.3, -0.25) is 15.2 Å². The molecule has 0 radical (unpaired) electrons. The van der Waals surface area contributed by atoms with Gasteiger partial charge in [-0.15, -0.1) is 5.23 Å². The van der Waals surface area contributed by atoms with E-state index in [9.17, 15) is 25.1 Å². The van der Waals surface area contributed by atoms with Gasteiger partial charge in [0.1, 0.15) is 0 Å². The van der Waals surface area contributed by atoms with Crippen LogP contribution in [0.2, 0.25) is 0 Å². The van der Waals surface area contributed by atoms with Crippen LogP contribution in [0, 0.1) is 6.92 Å². The molecular formula is C50H40N4O5S. The molecule has 0 aliphatic carbocycles. The van der Waals surface area contributed by atoms with Crippen LogP contribution in [-0.4, -0.2) is 38.5 Å². The zero-order valence-electron chi connectivity index (χ0n) is 32.8. The first-order chi connectivity index (χ1) is 29.2. The van der Waals surface area contributed by atoms with Crippen LogP contribution in [0.3, 0.4) is 0 Å². The average molecular weight is 809 g/mol. The molecular weight excluding hydrogens is 769 g/mol. The summed E-state index contributed by atoms with van der Waals surface area (Å²) in [6.07, 6.45) is 4.13. The van der Waals surface area contributed by atoms with Gasteiger partial charge in [-0.1, -0.05) is 109 Å². The number of fused-ring (bicyclic) bond motifs is 4. The van der Waals surface area contributed by atoms with Gasteiger partial charge in [-0.25, -0.2) is 4.79 Å². The number of carboxylic acid groups (broad SMARTS) is 1. The van der Waals surface area contributed by atoms with Crippen LogP contribution in [0.25, 0.3) is 61.3 Å². The Balaban J connectivity index is 1.23. The number of nitrogens with one attached hydrogen (secondary N) is 1. The maximum atomic E-state index is 14.5. The molecule has 9 rings (SSSR count). The molecule has 296 valence electrons. The van der Waals surface area contributed by atoms with Crippen LogP contribution in [0.5, 0.6) is 0 Å². The molecule has 0 atom stereocenters. The third-order valence-corrected chi connectivity index (χ3v) is 12.1. The molecule has 0 fully saturated rings. The first-order valence-corrected chi connectivity index (χ1v) is 20.4. The van der Waals surface area contributed by atoms with Crippen LogP contribution in [0.1, 0.15) is 38.8 Å². The summed E-state index contributed by atoms with van der Waals surface area (Å²) in [5.41, 5.74) is 9.18. The van der Waals surface area contributed by atoms with Gasteiger partial charge in [0.2, 0.25) is 0 Å². The summed E-state index contributed by atoms with van der Waals surface area (Å²) in [4.78, 5) is 28.8. The highest BCUT2D eigenvalue weighted by atomic mass is 32.2. The van der Waals surface area contributed by atoms with E-state index in [1.165, 1.54) is 18.0 Å². The number of benzene rings is 7. The Bertz CT molecular complexity index is 3010. The van der Waals surface area contributed by atoms with Gasteiger partial charge in [0.25, 0.3) is 5.91 Å². The topological polar surface area (TPSA) is 118 Å². The van der Waals surface area contributed by atoms with E-state index in [1.54, 1.807) is 42.5 Å². The smallest absolute Gasteiger partial charge is 0.336 e. The number of carbonyl (C=O) groups excluding carboxylic acids is 1. The lowest BCUT2D eigenvalue weighted by atomic mass is 9.84. The number of amides is 1. The predicted octanol–water partition coefficient (Wildman–Crippen LogP) is 12.2. The minimum absolute atomic E-state index is 0.0192. The largest absolute Gasteiger partial charge is 0.478 e. The van der Waals surface area contributed by atoms with Crippen molar-refractivity contribution in [3.63, 3.8) is 0 Å². The summed E-state index contributed by atoms with van der Waals surface area (Å²) in [6, 6.07) is 45.5. The van der Waals surface area contributed by atoms with Crippen molar-refractivity contribution in [1.82, 2.24) is 4.57 Å². The number of aromatic nitrogens is 1. The Morgan fingerprint density at radius 3 is 2.23 bits per heavy atom. The number of anilines is 3. The van der Waals surface area contributed by atoms with Gasteiger partial charge in [-0.05, 0) is 108 Å². The lowest BCUT2D eigenvalue weighted by Gasteiger charge is -2.28. The zero-order valence-corrected chi connectivity index (χ0v) is 33.6. The molecule has 7 aromatic carbocycles. The van der Waals surface area contributed by atoms with E-state index >= 15 is 0 Å². The monoisotopic (exact) mass is 808 g/mol. The van der Waals surface area contributed by atoms with E-state index in [2.05, 4.69) is 51.5 Å². The highest BCUT2D eigenvalue weighted by Crippen LogP contribution is 2.49. The summed E-state index contributed by atoms with van der Waals surface area (Å²) in [5.74, 6) is -1.59.